The first-order chi connectivity index (χ1) is 7.65. The van der Waals surface area contributed by atoms with Crippen molar-refractivity contribution in [2.24, 2.45) is 11.8 Å². The summed E-state index contributed by atoms with van der Waals surface area (Å²) >= 11 is 0. The maximum Gasteiger partial charge on any atom is 0.140 e. The number of hydrazine groups is 1. The normalized spacial score (nSPS) is 11.1. The number of hydrogen-bond acceptors (Lipinski definition) is 4. The summed E-state index contributed by atoms with van der Waals surface area (Å²) < 4.78 is 0. The van der Waals surface area contributed by atoms with Gasteiger partial charge < -0.3 is 5.43 Å². The van der Waals surface area contributed by atoms with Gasteiger partial charge in [-0.3, -0.25) is 4.90 Å². The van der Waals surface area contributed by atoms with Crippen LogP contribution in [0.3, 0.4) is 0 Å². The molecule has 1 aromatic rings. The summed E-state index contributed by atoms with van der Waals surface area (Å²) in [6, 6.07) is 4.02. The molecule has 1 aromatic heterocycles. The van der Waals surface area contributed by atoms with Crippen LogP contribution in [0, 0.1) is 5.92 Å². The number of hydrogen-bond donors (Lipinski definition) is 2. The Balaban J connectivity index is 2.62. The van der Waals surface area contributed by atoms with Crippen LogP contribution in [0.5, 0.6) is 0 Å². The second-order valence-corrected chi connectivity index (χ2v) is 4.42. The third-order valence-corrected chi connectivity index (χ3v) is 2.45. The Morgan fingerprint density at radius 2 is 2.25 bits per heavy atom. The quantitative estimate of drug-likeness (QED) is 0.569. The van der Waals surface area contributed by atoms with Gasteiger partial charge in [-0.15, -0.1) is 0 Å². The summed E-state index contributed by atoms with van der Waals surface area (Å²) in [6.45, 7) is 9.79. The van der Waals surface area contributed by atoms with E-state index in [9.17, 15) is 0 Å². The van der Waals surface area contributed by atoms with Gasteiger partial charge in [-0.1, -0.05) is 20.8 Å². The van der Waals surface area contributed by atoms with Gasteiger partial charge in [-0.25, -0.2) is 10.8 Å². The van der Waals surface area contributed by atoms with Crippen molar-refractivity contribution in [2.75, 3.05) is 18.5 Å². The molecule has 0 aliphatic rings. The molecule has 4 heteroatoms. The predicted octanol–water partition coefficient (Wildman–Crippen LogP) is 1.85. The minimum absolute atomic E-state index is 0.689. The lowest BCUT2D eigenvalue weighted by Gasteiger charge is -2.22. The first kappa shape index (κ1) is 12.9. The van der Waals surface area contributed by atoms with Crippen molar-refractivity contribution >= 4 is 5.82 Å². The lowest BCUT2D eigenvalue weighted by Crippen LogP contribution is -2.27. The molecule has 0 saturated carbocycles. The molecule has 0 amide bonds. The van der Waals surface area contributed by atoms with E-state index in [-0.39, 0.29) is 0 Å². The zero-order chi connectivity index (χ0) is 12.0. The van der Waals surface area contributed by atoms with E-state index >= 15 is 0 Å². The molecule has 0 spiro atoms. The predicted molar refractivity (Wildman–Crippen MR) is 67.8 cm³/mol. The number of aromatic nitrogens is 1. The van der Waals surface area contributed by atoms with Crippen LogP contribution in [-0.2, 0) is 6.54 Å². The minimum Gasteiger partial charge on any atom is -0.308 e. The fourth-order valence-electron chi connectivity index (χ4n) is 1.73. The highest BCUT2D eigenvalue weighted by molar-refractivity contribution is 5.35. The fourth-order valence-corrected chi connectivity index (χ4v) is 1.73. The lowest BCUT2D eigenvalue weighted by molar-refractivity contribution is 0.248. The van der Waals surface area contributed by atoms with Crippen molar-refractivity contribution in [1.82, 2.24) is 9.88 Å². The third-order valence-electron chi connectivity index (χ3n) is 2.45. The second-order valence-electron chi connectivity index (χ2n) is 4.42. The second kappa shape index (κ2) is 6.45. The van der Waals surface area contributed by atoms with Crippen LogP contribution in [0.2, 0.25) is 0 Å². The SMILES string of the molecule is CCN(Cc1ccnc(NN)c1)CC(C)C. The molecule has 0 aromatic carbocycles. The zero-order valence-corrected chi connectivity index (χ0v) is 10.4. The monoisotopic (exact) mass is 222 g/mol. The van der Waals surface area contributed by atoms with E-state index in [0.717, 1.165) is 25.5 Å². The summed E-state index contributed by atoms with van der Waals surface area (Å²) in [6.07, 6.45) is 1.79. The number of anilines is 1. The summed E-state index contributed by atoms with van der Waals surface area (Å²) in [4.78, 5) is 6.51. The molecule has 0 aliphatic carbocycles. The maximum atomic E-state index is 5.34. The Bertz CT molecular complexity index is 312. The van der Waals surface area contributed by atoms with Gasteiger partial charge in [0.25, 0.3) is 0 Å². The van der Waals surface area contributed by atoms with Crippen LogP contribution in [0.25, 0.3) is 0 Å². The van der Waals surface area contributed by atoms with Crippen LogP contribution in [-0.4, -0.2) is 23.0 Å². The number of pyridine rings is 1. The van der Waals surface area contributed by atoms with Crippen LogP contribution in [0.15, 0.2) is 18.3 Å². The van der Waals surface area contributed by atoms with Gasteiger partial charge in [-0.05, 0) is 30.2 Å². The highest BCUT2D eigenvalue weighted by atomic mass is 15.2. The summed E-state index contributed by atoms with van der Waals surface area (Å²) in [5.41, 5.74) is 3.81. The molecule has 0 aliphatic heterocycles. The number of nitrogens with two attached hydrogens (primary N) is 1. The highest BCUT2D eigenvalue weighted by Crippen LogP contribution is 2.10. The molecule has 1 rings (SSSR count). The number of nitrogens with zero attached hydrogens (tertiary/aromatic N) is 2. The minimum atomic E-state index is 0.689. The molecule has 0 bridgehead atoms. The topological polar surface area (TPSA) is 54.2 Å². The Labute approximate surface area is 97.8 Å². The van der Waals surface area contributed by atoms with Crippen LogP contribution in [0.4, 0.5) is 5.82 Å². The van der Waals surface area contributed by atoms with E-state index in [1.54, 1.807) is 6.20 Å². The van der Waals surface area contributed by atoms with E-state index in [1.807, 2.05) is 12.1 Å². The summed E-state index contributed by atoms with van der Waals surface area (Å²) in [5, 5.41) is 0. The number of rotatable bonds is 6. The Morgan fingerprint density at radius 3 is 2.81 bits per heavy atom. The summed E-state index contributed by atoms with van der Waals surface area (Å²) in [5.74, 6) is 6.75. The molecular weight excluding hydrogens is 200 g/mol. The summed E-state index contributed by atoms with van der Waals surface area (Å²) in [7, 11) is 0. The van der Waals surface area contributed by atoms with Crippen molar-refractivity contribution < 1.29 is 0 Å². The van der Waals surface area contributed by atoms with Crippen molar-refractivity contribution in [3.8, 4) is 0 Å². The maximum absolute atomic E-state index is 5.34. The van der Waals surface area contributed by atoms with Crippen LogP contribution >= 0.6 is 0 Å². The average molecular weight is 222 g/mol. The number of nitrogen functional groups attached to an aromatic ring is 1. The first-order valence-electron chi connectivity index (χ1n) is 5.79. The van der Waals surface area contributed by atoms with Gasteiger partial charge in [0, 0.05) is 19.3 Å². The molecule has 1 heterocycles. The Kier molecular flexibility index (Phi) is 5.22. The van der Waals surface area contributed by atoms with Gasteiger partial charge in [0.15, 0.2) is 0 Å². The van der Waals surface area contributed by atoms with Gasteiger partial charge in [0.1, 0.15) is 5.82 Å². The van der Waals surface area contributed by atoms with E-state index < -0.39 is 0 Å². The van der Waals surface area contributed by atoms with Gasteiger partial charge in [-0.2, -0.15) is 0 Å². The molecule has 0 unspecified atom stereocenters. The molecule has 16 heavy (non-hydrogen) atoms. The van der Waals surface area contributed by atoms with Crippen molar-refractivity contribution in [1.29, 1.82) is 0 Å². The molecule has 4 nitrogen and oxygen atoms in total. The standard InChI is InChI=1S/C12H22N4/c1-4-16(8-10(2)3)9-11-5-6-14-12(7-11)15-13/h5-7,10H,4,8-9,13H2,1-3H3,(H,14,15). The first-order valence-corrected chi connectivity index (χ1v) is 5.79. The van der Waals surface area contributed by atoms with E-state index in [2.05, 4.69) is 36.1 Å². The molecule has 0 atom stereocenters. The fraction of sp³-hybridized carbons (Fsp3) is 0.583. The smallest absolute Gasteiger partial charge is 0.140 e. The van der Waals surface area contributed by atoms with E-state index in [1.165, 1.54) is 5.56 Å². The molecule has 90 valence electrons. The largest absolute Gasteiger partial charge is 0.308 e. The molecular formula is C12H22N4. The Hall–Kier alpha value is -1.13. The van der Waals surface area contributed by atoms with Gasteiger partial charge in [0.05, 0.1) is 0 Å². The van der Waals surface area contributed by atoms with Gasteiger partial charge >= 0.3 is 0 Å². The van der Waals surface area contributed by atoms with Crippen molar-refractivity contribution in [3.63, 3.8) is 0 Å². The van der Waals surface area contributed by atoms with Gasteiger partial charge in [0.2, 0.25) is 0 Å². The van der Waals surface area contributed by atoms with Crippen molar-refractivity contribution in [3.05, 3.63) is 23.9 Å². The highest BCUT2D eigenvalue weighted by Gasteiger charge is 2.06. The molecule has 3 N–H and O–H groups in total. The lowest BCUT2D eigenvalue weighted by atomic mass is 10.2. The van der Waals surface area contributed by atoms with Crippen molar-refractivity contribution in [2.45, 2.75) is 27.3 Å². The third kappa shape index (κ3) is 4.16. The average Bonchev–Trinajstić information content (AvgIpc) is 2.28. The van der Waals surface area contributed by atoms with E-state index in [4.69, 9.17) is 5.84 Å². The Morgan fingerprint density at radius 1 is 1.50 bits per heavy atom. The number of nitrogens with one attached hydrogen (secondary N) is 1. The van der Waals surface area contributed by atoms with E-state index in [0.29, 0.717) is 5.92 Å². The molecule has 0 saturated heterocycles. The van der Waals surface area contributed by atoms with Crippen LogP contribution < -0.4 is 11.3 Å². The molecule has 0 radical (unpaired) electrons. The molecule has 0 fully saturated rings. The van der Waals surface area contributed by atoms with Crippen LogP contribution in [0.1, 0.15) is 26.3 Å². The zero-order valence-electron chi connectivity index (χ0n) is 10.4.